The second-order valence-electron chi connectivity index (χ2n) is 6.26. The third kappa shape index (κ3) is 5.82. The standard InChI is InChI=1S/C16H32N2O5.ClH/c1-3-5-7-8-17-16(23)12-14(21)15(22)13(20)11(10-19)18(12)9-6-4-2;/h11-15,19-22H,3-10H2,1-2H3,(H,17,23);1H/t11-,12+,13+,14-,15-;/m0./s1. The fourth-order valence-electron chi connectivity index (χ4n) is 3.07. The minimum absolute atomic E-state index is 0. The summed E-state index contributed by atoms with van der Waals surface area (Å²) < 4.78 is 0. The molecule has 1 saturated heterocycles. The number of amides is 1. The first-order valence-corrected chi connectivity index (χ1v) is 8.68. The summed E-state index contributed by atoms with van der Waals surface area (Å²) in [5, 5.41) is 42.7. The van der Waals surface area contributed by atoms with E-state index in [1.807, 2.05) is 6.92 Å². The van der Waals surface area contributed by atoms with Crippen LogP contribution in [0.25, 0.3) is 0 Å². The maximum atomic E-state index is 12.5. The highest BCUT2D eigenvalue weighted by Gasteiger charge is 2.49. The van der Waals surface area contributed by atoms with Crippen molar-refractivity contribution in [3.8, 4) is 0 Å². The Morgan fingerprint density at radius 1 is 1.00 bits per heavy atom. The van der Waals surface area contributed by atoms with Gasteiger partial charge in [0.2, 0.25) is 5.91 Å². The van der Waals surface area contributed by atoms with E-state index in [0.29, 0.717) is 13.1 Å². The maximum absolute atomic E-state index is 12.5. The number of unbranched alkanes of at least 4 members (excludes halogenated alkanes) is 3. The van der Waals surface area contributed by atoms with Crippen molar-refractivity contribution in [1.82, 2.24) is 10.2 Å². The van der Waals surface area contributed by atoms with Gasteiger partial charge in [0.25, 0.3) is 0 Å². The van der Waals surface area contributed by atoms with Crippen molar-refractivity contribution >= 4 is 18.3 Å². The number of halogens is 1. The zero-order valence-electron chi connectivity index (χ0n) is 14.6. The Labute approximate surface area is 150 Å². The Hall–Kier alpha value is -0.440. The molecule has 0 bridgehead atoms. The van der Waals surface area contributed by atoms with Gasteiger partial charge in [0.05, 0.1) is 12.6 Å². The first kappa shape index (κ1) is 23.6. The Kier molecular flexibility index (Phi) is 11.8. The van der Waals surface area contributed by atoms with E-state index in [9.17, 15) is 25.2 Å². The van der Waals surface area contributed by atoms with E-state index in [4.69, 9.17) is 0 Å². The number of hydrogen-bond acceptors (Lipinski definition) is 6. The first-order chi connectivity index (χ1) is 11.0. The lowest BCUT2D eigenvalue weighted by atomic mass is 9.87. The van der Waals surface area contributed by atoms with Crippen LogP contribution in [-0.4, -0.2) is 81.3 Å². The zero-order chi connectivity index (χ0) is 17.4. The van der Waals surface area contributed by atoms with Gasteiger partial charge in [-0.25, -0.2) is 0 Å². The molecule has 7 nitrogen and oxygen atoms in total. The van der Waals surface area contributed by atoms with Gasteiger partial charge in [0.1, 0.15) is 24.4 Å². The molecular formula is C16H33ClN2O5. The molecular weight excluding hydrogens is 336 g/mol. The van der Waals surface area contributed by atoms with E-state index in [2.05, 4.69) is 12.2 Å². The molecule has 144 valence electrons. The molecule has 0 saturated carbocycles. The second-order valence-corrected chi connectivity index (χ2v) is 6.26. The van der Waals surface area contributed by atoms with Crippen molar-refractivity contribution in [2.45, 2.75) is 76.3 Å². The van der Waals surface area contributed by atoms with E-state index in [1.165, 1.54) is 0 Å². The Morgan fingerprint density at radius 3 is 2.17 bits per heavy atom. The van der Waals surface area contributed by atoms with Gasteiger partial charge in [-0.05, 0) is 19.4 Å². The summed E-state index contributed by atoms with van der Waals surface area (Å²) in [6.45, 7) is 4.67. The number of rotatable bonds is 9. The highest BCUT2D eigenvalue weighted by Crippen LogP contribution is 2.25. The van der Waals surface area contributed by atoms with Crippen molar-refractivity contribution in [3.05, 3.63) is 0 Å². The number of hydrogen-bond donors (Lipinski definition) is 5. The molecule has 0 unspecified atom stereocenters. The average Bonchev–Trinajstić information content (AvgIpc) is 2.54. The van der Waals surface area contributed by atoms with Crippen LogP contribution in [0.1, 0.15) is 46.0 Å². The molecule has 0 aromatic rings. The van der Waals surface area contributed by atoms with Crippen LogP contribution in [0.4, 0.5) is 0 Å². The van der Waals surface area contributed by atoms with E-state index in [0.717, 1.165) is 32.1 Å². The highest BCUT2D eigenvalue weighted by atomic mass is 35.5. The van der Waals surface area contributed by atoms with Gasteiger partial charge in [0.15, 0.2) is 0 Å². The topological polar surface area (TPSA) is 113 Å². The van der Waals surface area contributed by atoms with Crippen molar-refractivity contribution in [2.24, 2.45) is 0 Å². The number of aliphatic hydroxyl groups excluding tert-OH is 4. The quantitative estimate of drug-likeness (QED) is 0.355. The van der Waals surface area contributed by atoms with Gasteiger partial charge in [-0.3, -0.25) is 9.69 Å². The fourth-order valence-corrected chi connectivity index (χ4v) is 3.07. The lowest BCUT2D eigenvalue weighted by molar-refractivity contribution is -0.178. The summed E-state index contributed by atoms with van der Waals surface area (Å²) in [5.41, 5.74) is 0. The van der Waals surface area contributed by atoms with Crippen molar-refractivity contribution in [3.63, 3.8) is 0 Å². The van der Waals surface area contributed by atoms with Crippen molar-refractivity contribution in [2.75, 3.05) is 19.7 Å². The third-order valence-corrected chi connectivity index (χ3v) is 4.51. The summed E-state index contributed by atoms with van der Waals surface area (Å²) in [4.78, 5) is 14.1. The lowest BCUT2D eigenvalue weighted by Crippen LogP contribution is -2.70. The predicted molar refractivity (Wildman–Crippen MR) is 94.1 cm³/mol. The molecule has 8 heteroatoms. The van der Waals surface area contributed by atoms with E-state index in [1.54, 1.807) is 4.90 Å². The largest absolute Gasteiger partial charge is 0.395 e. The summed E-state index contributed by atoms with van der Waals surface area (Å²) in [6.07, 6.45) is 0.452. The Bertz CT molecular complexity index is 361. The summed E-state index contributed by atoms with van der Waals surface area (Å²) in [6, 6.07) is -1.72. The molecule has 24 heavy (non-hydrogen) atoms. The van der Waals surface area contributed by atoms with Crippen LogP contribution in [0.5, 0.6) is 0 Å². The van der Waals surface area contributed by atoms with Crippen LogP contribution in [0, 0.1) is 0 Å². The number of carbonyl (C=O) groups is 1. The van der Waals surface area contributed by atoms with E-state index in [-0.39, 0.29) is 24.9 Å². The smallest absolute Gasteiger partial charge is 0.240 e. The van der Waals surface area contributed by atoms with E-state index >= 15 is 0 Å². The van der Waals surface area contributed by atoms with E-state index < -0.39 is 30.4 Å². The fraction of sp³-hybridized carbons (Fsp3) is 0.938. The molecule has 0 radical (unpaired) electrons. The van der Waals surface area contributed by atoms with Gasteiger partial charge >= 0.3 is 0 Å². The summed E-state index contributed by atoms with van der Waals surface area (Å²) in [5.74, 6) is -0.367. The third-order valence-electron chi connectivity index (χ3n) is 4.51. The molecule has 1 amide bonds. The number of aliphatic hydroxyl groups is 4. The van der Waals surface area contributed by atoms with Gasteiger partial charge in [-0.2, -0.15) is 0 Å². The molecule has 1 aliphatic heterocycles. The van der Waals surface area contributed by atoms with Crippen LogP contribution < -0.4 is 5.32 Å². The normalized spacial score (nSPS) is 30.7. The van der Waals surface area contributed by atoms with Gasteiger partial charge in [-0.15, -0.1) is 12.4 Å². The summed E-state index contributed by atoms with van der Waals surface area (Å²) >= 11 is 0. The molecule has 5 atom stereocenters. The van der Waals surface area contributed by atoms with Crippen LogP contribution in [0.2, 0.25) is 0 Å². The maximum Gasteiger partial charge on any atom is 0.240 e. The Morgan fingerprint density at radius 2 is 1.62 bits per heavy atom. The molecule has 1 heterocycles. The number of nitrogens with one attached hydrogen (secondary N) is 1. The van der Waals surface area contributed by atoms with Crippen molar-refractivity contribution in [1.29, 1.82) is 0 Å². The summed E-state index contributed by atoms with van der Waals surface area (Å²) in [7, 11) is 0. The number of carbonyl (C=O) groups excluding carboxylic acids is 1. The van der Waals surface area contributed by atoms with Gasteiger partial charge in [-0.1, -0.05) is 33.1 Å². The number of likely N-dealkylation sites (tertiary alicyclic amines) is 1. The second kappa shape index (κ2) is 12.0. The van der Waals surface area contributed by atoms with Gasteiger partial charge in [0, 0.05) is 6.54 Å². The molecule has 1 rings (SSSR count). The van der Waals surface area contributed by atoms with Crippen LogP contribution in [0.15, 0.2) is 0 Å². The monoisotopic (exact) mass is 368 g/mol. The Balaban J connectivity index is 0.00000529. The van der Waals surface area contributed by atoms with Crippen LogP contribution >= 0.6 is 12.4 Å². The van der Waals surface area contributed by atoms with Crippen molar-refractivity contribution < 1.29 is 25.2 Å². The molecule has 0 spiro atoms. The first-order valence-electron chi connectivity index (χ1n) is 8.68. The zero-order valence-corrected chi connectivity index (χ0v) is 15.4. The minimum atomic E-state index is -1.45. The number of nitrogens with zero attached hydrogens (tertiary/aromatic N) is 1. The SMILES string of the molecule is CCCCCNC(=O)[C@H]1[C@H](O)[C@@H](O)[C@H](O)[C@H](CO)N1CCCC.Cl. The van der Waals surface area contributed by atoms with Crippen LogP contribution in [-0.2, 0) is 4.79 Å². The van der Waals surface area contributed by atoms with Crippen LogP contribution in [0.3, 0.4) is 0 Å². The molecule has 5 N–H and O–H groups in total. The minimum Gasteiger partial charge on any atom is -0.395 e. The molecule has 1 aliphatic rings. The lowest BCUT2D eigenvalue weighted by Gasteiger charge is -2.47. The number of piperidine rings is 1. The molecule has 1 fully saturated rings. The highest BCUT2D eigenvalue weighted by molar-refractivity contribution is 5.85. The average molecular weight is 369 g/mol. The van der Waals surface area contributed by atoms with Gasteiger partial charge < -0.3 is 25.7 Å². The molecule has 0 aliphatic carbocycles. The predicted octanol–water partition coefficient (Wildman–Crippen LogP) is -0.358. The molecule has 0 aromatic carbocycles. The molecule has 0 aromatic heterocycles.